The number of nitrogens with zero attached hydrogens (tertiary/aromatic N) is 2. The predicted octanol–water partition coefficient (Wildman–Crippen LogP) is 4.53. The third kappa shape index (κ3) is 3.68. The molecule has 0 bridgehead atoms. The highest BCUT2D eigenvalue weighted by molar-refractivity contribution is 5.89. The lowest BCUT2D eigenvalue weighted by Crippen LogP contribution is -2.04. The highest BCUT2D eigenvalue weighted by atomic mass is 16.6. The first-order valence-corrected chi connectivity index (χ1v) is 8.32. The Morgan fingerprint density at radius 1 is 1.36 bits per heavy atom. The number of hydrogen-bond acceptors (Lipinski definition) is 4. The van der Waals surface area contributed by atoms with Crippen molar-refractivity contribution in [3.63, 3.8) is 0 Å². The lowest BCUT2D eigenvalue weighted by molar-refractivity contribution is -0.384. The van der Waals surface area contributed by atoms with E-state index in [0.29, 0.717) is 12.2 Å². The number of benzene rings is 1. The van der Waals surface area contributed by atoms with Crippen molar-refractivity contribution in [1.29, 1.82) is 0 Å². The van der Waals surface area contributed by atoms with E-state index in [1.165, 1.54) is 0 Å². The fourth-order valence-corrected chi connectivity index (χ4v) is 2.76. The van der Waals surface area contributed by atoms with E-state index in [2.05, 4.69) is 22.2 Å². The van der Waals surface area contributed by atoms with Crippen LogP contribution < -0.4 is 5.32 Å². The molecule has 0 aliphatic carbocycles. The lowest BCUT2D eigenvalue weighted by atomic mass is 9.99. The van der Waals surface area contributed by atoms with Gasteiger partial charge in [0.15, 0.2) is 0 Å². The summed E-state index contributed by atoms with van der Waals surface area (Å²) in [7, 11) is 0. The van der Waals surface area contributed by atoms with Crippen LogP contribution in [-0.2, 0) is 0 Å². The molecule has 0 unspecified atom stereocenters. The number of aromatic amines is 1. The van der Waals surface area contributed by atoms with Gasteiger partial charge in [-0.3, -0.25) is 15.1 Å². The number of nitro benzene ring substituents is 1. The minimum absolute atomic E-state index is 0.0733. The molecule has 0 saturated heterocycles. The summed E-state index contributed by atoms with van der Waals surface area (Å²) in [5.74, 6) is 0. The maximum atomic E-state index is 11.5. The Bertz CT molecular complexity index is 834. The van der Waals surface area contributed by atoms with E-state index in [1.807, 2.05) is 36.5 Å². The second kappa shape index (κ2) is 7.61. The van der Waals surface area contributed by atoms with Gasteiger partial charge >= 0.3 is 0 Å². The average Bonchev–Trinajstić information content (AvgIpc) is 3.30. The molecule has 1 aliphatic heterocycles. The number of aliphatic imine (C=N–C) groups is 1. The van der Waals surface area contributed by atoms with Crippen LogP contribution in [0, 0.1) is 10.1 Å². The van der Waals surface area contributed by atoms with Crippen LogP contribution in [0.1, 0.15) is 31.0 Å². The van der Waals surface area contributed by atoms with E-state index in [1.54, 1.807) is 18.3 Å². The van der Waals surface area contributed by atoms with E-state index in [0.717, 1.165) is 35.4 Å². The molecular formula is C19H20N4O2. The molecule has 1 aromatic heterocycles. The maximum Gasteiger partial charge on any atom is 0.292 e. The summed E-state index contributed by atoms with van der Waals surface area (Å²) in [5.41, 5.74) is 3.88. The number of nitro groups is 1. The van der Waals surface area contributed by atoms with Gasteiger partial charge in [-0.05, 0) is 42.3 Å². The molecule has 0 amide bonds. The van der Waals surface area contributed by atoms with Crippen LogP contribution in [-0.4, -0.2) is 22.7 Å². The summed E-state index contributed by atoms with van der Waals surface area (Å²) < 4.78 is 0. The van der Waals surface area contributed by atoms with Crippen molar-refractivity contribution in [3.05, 3.63) is 75.7 Å². The Kier molecular flexibility index (Phi) is 5.09. The Labute approximate surface area is 146 Å². The number of allylic oxidation sites excluding steroid dienone is 2. The monoisotopic (exact) mass is 336 g/mol. The Hall–Kier alpha value is -3.15. The number of nitrogens with one attached hydrogen (secondary N) is 2. The van der Waals surface area contributed by atoms with Crippen molar-refractivity contribution in [1.82, 2.24) is 4.98 Å². The molecule has 0 spiro atoms. The molecule has 6 heteroatoms. The molecule has 2 aromatic rings. The standard InChI is InChI=1S/C19H20N4O2/c1-2-3-10-20-15-9-8-14(13-18(15)23(24)25)19(16-6-4-11-21-16)17-7-5-12-22-17/h4-9,11-13,20-21H,2-3,10H2,1H3/b19-17-. The van der Waals surface area contributed by atoms with Crippen molar-refractivity contribution in [2.75, 3.05) is 11.9 Å². The van der Waals surface area contributed by atoms with Crippen LogP contribution in [0.25, 0.3) is 5.57 Å². The molecule has 3 rings (SSSR count). The largest absolute Gasteiger partial charge is 0.379 e. The highest BCUT2D eigenvalue weighted by Gasteiger charge is 2.19. The van der Waals surface area contributed by atoms with Gasteiger partial charge in [-0.25, -0.2) is 0 Å². The summed E-state index contributed by atoms with van der Waals surface area (Å²) in [4.78, 5) is 18.7. The van der Waals surface area contributed by atoms with Crippen molar-refractivity contribution in [3.8, 4) is 0 Å². The normalized spacial score (nSPS) is 14.8. The average molecular weight is 336 g/mol. The molecule has 0 saturated carbocycles. The van der Waals surface area contributed by atoms with Gasteiger partial charge in [-0.1, -0.05) is 19.4 Å². The van der Waals surface area contributed by atoms with E-state index >= 15 is 0 Å². The van der Waals surface area contributed by atoms with Crippen molar-refractivity contribution >= 4 is 23.2 Å². The second-order valence-corrected chi connectivity index (χ2v) is 5.75. The van der Waals surface area contributed by atoms with E-state index in [4.69, 9.17) is 0 Å². The Balaban J connectivity index is 2.05. The first kappa shape index (κ1) is 16.7. The van der Waals surface area contributed by atoms with E-state index in [-0.39, 0.29) is 10.6 Å². The summed E-state index contributed by atoms with van der Waals surface area (Å²) in [6.07, 6.45) is 9.30. The number of anilines is 1. The Morgan fingerprint density at radius 2 is 2.24 bits per heavy atom. The SMILES string of the molecule is CCCCNc1ccc(/C(=C2\C=CC=N2)c2ccc[nH]2)cc1[N+](=O)[O-]. The van der Waals surface area contributed by atoms with Crippen molar-refractivity contribution < 1.29 is 4.92 Å². The third-order valence-electron chi connectivity index (χ3n) is 4.01. The topological polar surface area (TPSA) is 83.3 Å². The molecule has 0 fully saturated rings. The van der Waals surface area contributed by atoms with Gasteiger partial charge in [-0.2, -0.15) is 0 Å². The predicted molar refractivity (Wildman–Crippen MR) is 101 cm³/mol. The number of unbranched alkanes of at least 4 members (excludes halogenated alkanes) is 1. The fourth-order valence-electron chi connectivity index (χ4n) is 2.76. The molecule has 2 heterocycles. The van der Waals surface area contributed by atoms with Crippen molar-refractivity contribution in [2.24, 2.45) is 4.99 Å². The minimum atomic E-state index is -0.345. The lowest BCUT2D eigenvalue weighted by Gasteiger charge is -2.11. The van der Waals surface area contributed by atoms with Gasteiger partial charge in [0, 0.05) is 36.3 Å². The maximum absolute atomic E-state index is 11.5. The molecule has 0 atom stereocenters. The molecule has 25 heavy (non-hydrogen) atoms. The zero-order valence-electron chi connectivity index (χ0n) is 14.0. The van der Waals surface area contributed by atoms with Crippen LogP contribution in [0.2, 0.25) is 0 Å². The van der Waals surface area contributed by atoms with Gasteiger partial charge in [-0.15, -0.1) is 0 Å². The van der Waals surface area contributed by atoms with Gasteiger partial charge in [0.1, 0.15) is 5.69 Å². The Morgan fingerprint density at radius 3 is 2.88 bits per heavy atom. The van der Waals surface area contributed by atoms with E-state index < -0.39 is 0 Å². The van der Waals surface area contributed by atoms with Gasteiger partial charge in [0.2, 0.25) is 0 Å². The van der Waals surface area contributed by atoms with Crippen LogP contribution >= 0.6 is 0 Å². The van der Waals surface area contributed by atoms with Crippen LogP contribution in [0.5, 0.6) is 0 Å². The summed E-state index contributed by atoms with van der Waals surface area (Å²) in [5, 5.41) is 14.7. The fraction of sp³-hybridized carbons (Fsp3) is 0.211. The highest BCUT2D eigenvalue weighted by Crippen LogP contribution is 2.34. The number of aromatic nitrogens is 1. The van der Waals surface area contributed by atoms with E-state index in [9.17, 15) is 10.1 Å². The quantitative estimate of drug-likeness (QED) is 0.442. The van der Waals surface area contributed by atoms with Crippen LogP contribution in [0.4, 0.5) is 11.4 Å². The van der Waals surface area contributed by atoms with Crippen molar-refractivity contribution in [2.45, 2.75) is 19.8 Å². The minimum Gasteiger partial charge on any atom is -0.379 e. The summed E-state index contributed by atoms with van der Waals surface area (Å²) in [6, 6.07) is 9.11. The molecule has 6 nitrogen and oxygen atoms in total. The van der Waals surface area contributed by atoms with Gasteiger partial charge in [0.05, 0.1) is 10.6 Å². The summed E-state index contributed by atoms with van der Waals surface area (Å²) in [6.45, 7) is 2.80. The molecular weight excluding hydrogens is 316 g/mol. The first-order chi connectivity index (χ1) is 12.2. The molecule has 0 radical (unpaired) electrons. The number of rotatable bonds is 7. The second-order valence-electron chi connectivity index (χ2n) is 5.75. The molecule has 1 aliphatic rings. The molecule has 2 N–H and O–H groups in total. The number of H-pyrrole nitrogens is 1. The zero-order chi connectivity index (χ0) is 17.6. The number of hydrogen-bond donors (Lipinski definition) is 2. The summed E-state index contributed by atoms with van der Waals surface area (Å²) >= 11 is 0. The van der Waals surface area contributed by atoms with Crippen LogP contribution in [0.15, 0.2) is 59.4 Å². The smallest absolute Gasteiger partial charge is 0.292 e. The molecule has 1 aromatic carbocycles. The zero-order valence-corrected chi connectivity index (χ0v) is 14.0. The van der Waals surface area contributed by atoms with Gasteiger partial charge < -0.3 is 10.3 Å². The first-order valence-electron chi connectivity index (χ1n) is 8.32. The molecule has 128 valence electrons. The van der Waals surface area contributed by atoms with Crippen LogP contribution in [0.3, 0.4) is 0 Å². The third-order valence-corrected chi connectivity index (χ3v) is 4.01. The van der Waals surface area contributed by atoms with Gasteiger partial charge in [0.25, 0.3) is 5.69 Å².